The second-order valence-corrected chi connectivity index (χ2v) is 11.1. The number of hydrogen-bond donors (Lipinski definition) is 1. The summed E-state index contributed by atoms with van der Waals surface area (Å²) in [6.45, 7) is 2.58. The smallest absolute Gasteiger partial charge is 0.270 e. The van der Waals surface area contributed by atoms with Crippen LogP contribution in [0.15, 0.2) is 95.9 Å². The number of benzene rings is 4. The Balaban J connectivity index is 1.33. The van der Waals surface area contributed by atoms with Crippen LogP contribution in [0.2, 0.25) is 5.02 Å². The molecule has 0 unspecified atom stereocenters. The van der Waals surface area contributed by atoms with E-state index >= 15 is 0 Å². The van der Waals surface area contributed by atoms with E-state index in [-0.39, 0.29) is 12.5 Å². The van der Waals surface area contributed by atoms with Crippen molar-refractivity contribution in [3.05, 3.63) is 123 Å². The van der Waals surface area contributed by atoms with E-state index in [1.54, 1.807) is 42.5 Å². The fraction of sp³-hybridized carbons (Fsp3) is 0.0938. The minimum atomic E-state index is -0.399. The minimum Gasteiger partial charge on any atom is -0.490 e. The fourth-order valence-electron chi connectivity index (χ4n) is 4.14. The van der Waals surface area contributed by atoms with E-state index in [0.717, 1.165) is 11.1 Å². The normalized spacial score (nSPS) is 13.9. The Morgan fingerprint density at radius 1 is 1.00 bits per heavy atom. The zero-order chi connectivity index (χ0) is 29.6. The lowest BCUT2D eigenvalue weighted by atomic mass is 10.1. The maximum absolute atomic E-state index is 13.4. The zero-order valence-electron chi connectivity index (χ0n) is 22.3. The Morgan fingerprint density at radius 3 is 2.55 bits per heavy atom. The van der Waals surface area contributed by atoms with Gasteiger partial charge in [0, 0.05) is 21.8 Å². The second kappa shape index (κ2) is 13.2. The van der Waals surface area contributed by atoms with E-state index in [1.165, 1.54) is 40.9 Å². The summed E-state index contributed by atoms with van der Waals surface area (Å²) in [6.07, 6.45) is 1.74. The molecule has 0 atom stereocenters. The highest BCUT2D eigenvalue weighted by Crippen LogP contribution is 2.38. The topological polar surface area (TPSA) is 67.9 Å². The van der Waals surface area contributed by atoms with Gasteiger partial charge in [0.25, 0.3) is 11.8 Å². The Bertz CT molecular complexity index is 1690. The number of carbonyl (C=O) groups excluding carboxylic acids is 2. The molecule has 4 aromatic carbocycles. The fourth-order valence-corrected chi connectivity index (χ4v) is 5.63. The van der Waals surface area contributed by atoms with Gasteiger partial charge in [0.2, 0.25) is 0 Å². The van der Waals surface area contributed by atoms with Crippen LogP contribution >= 0.6 is 35.6 Å². The molecule has 0 spiro atoms. The van der Waals surface area contributed by atoms with Crippen molar-refractivity contribution >= 4 is 69.2 Å². The highest BCUT2D eigenvalue weighted by Gasteiger charge is 2.33. The second-order valence-electron chi connectivity index (χ2n) is 9.05. The number of carbonyl (C=O) groups is 2. The molecule has 0 bridgehead atoms. The largest absolute Gasteiger partial charge is 0.490 e. The number of thioether (sulfide) groups is 1. The molecule has 1 N–H and O–H groups in total. The molecule has 0 saturated carbocycles. The first-order valence-electron chi connectivity index (χ1n) is 12.9. The van der Waals surface area contributed by atoms with E-state index in [9.17, 15) is 14.0 Å². The standard InChI is InChI=1S/C32H24ClFN2O4S2/c1-2-39-28-16-20(10-15-27(28)40-19-22-6-3-4-9-26(22)33)17-29-31(38)36(32(41)42-29)25-8-5-7-21(18-25)30(37)35-24-13-11-23(34)12-14-24/h3-18H,2,19H2,1H3,(H,35,37)/b29-17+. The van der Waals surface area contributed by atoms with Crippen LogP contribution in [-0.2, 0) is 11.4 Å². The molecule has 1 saturated heterocycles. The monoisotopic (exact) mass is 618 g/mol. The van der Waals surface area contributed by atoms with Crippen LogP contribution in [0.4, 0.5) is 15.8 Å². The van der Waals surface area contributed by atoms with Gasteiger partial charge in [-0.2, -0.15) is 0 Å². The summed E-state index contributed by atoms with van der Waals surface area (Å²) < 4.78 is 25.3. The number of nitrogens with one attached hydrogen (secondary N) is 1. The molecule has 5 rings (SSSR count). The molecular formula is C32H24ClFN2O4S2. The molecule has 1 heterocycles. The Hall–Kier alpha value is -4.18. The van der Waals surface area contributed by atoms with E-state index in [4.69, 9.17) is 33.3 Å². The summed E-state index contributed by atoms with van der Waals surface area (Å²) in [7, 11) is 0. The third-order valence-electron chi connectivity index (χ3n) is 6.17. The number of anilines is 2. The first-order valence-corrected chi connectivity index (χ1v) is 14.5. The summed E-state index contributed by atoms with van der Waals surface area (Å²) >= 11 is 13.0. The van der Waals surface area contributed by atoms with Crippen LogP contribution < -0.4 is 19.7 Å². The molecule has 1 aliphatic heterocycles. The Labute approximate surface area is 257 Å². The average Bonchev–Trinajstić information content (AvgIpc) is 3.26. The summed E-state index contributed by atoms with van der Waals surface area (Å²) in [5, 5.41) is 3.34. The van der Waals surface area contributed by atoms with Crippen LogP contribution in [0.3, 0.4) is 0 Å². The van der Waals surface area contributed by atoms with Gasteiger partial charge >= 0.3 is 0 Å². The highest BCUT2D eigenvalue weighted by atomic mass is 35.5. The van der Waals surface area contributed by atoms with E-state index in [1.807, 2.05) is 37.3 Å². The van der Waals surface area contributed by atoms with Gasteiger partial charge in [-0.1, -0.05) is 65.9 Å². The lowest BCUT2D eigenvalue weighted by Gasteiger charge is -2.15. The summed E-state index contributed by atoms with van der Waals surface area (Å²) in [5.74, 6) is -0.0158. The Kier molecular flexibility index (Phi) is 9.22. The molecule has 0 aromatic heterocycles. The van der Waals surface area contributed by atoms with Crippen LogP contribution in [-0.4, -0.2) is 22.7 Å². The highest BCUT2D eigenvalue weighted by molar-refractivity contribution is 8.27. The van der Waals surface area contributed by atoms with E-state index < -0.39 is 11.7 Å². The van der Waals surface area contributed by atoms with Crippen molar-refractivity contribution in [2.24, 2.45) is 0 Å². The maximum atomic E-state index is 13.4. The third-order valence-corrected chi connectivity index (χ3v) is 7.84. The van der Waals surface area contributed by atoms with Crippen molar-refractivity contribution in [1.29, 1.82) is 0 Å². The van der Waals surface area contributed by atoms with Gasteiger partial charge in [-0.15, -0.1) is 0 Å². The van der Waals surface area contributed by atoms with Crippen LogP contribution in [0.25, 0.3) is 6.08 Å². The van der Waals surface area contributed by atoms with Gasteiger partial charge in [-0.3, -0.25) is 14.5 Å². The predicted molar refractivity (Wildman–Crippen MR) is 170 cm³/mol. The van der Waals surface area contributed by atoms with Crippen molar-refractivity contribution in [3.8, 4) is 11.5 Å². The number of rotatable bonds is 9. The number of halogens is 2. The molecular weight excluding hydrogens is 595 g/mol. The van der Waals surface area contributed by atoms with Crippen molar-refractivity contribution < 1.29 is 23.5 Å². The van der Waals surface area contributed by atoms with E-state index in [2.05, 4.69) is 5.32 Å². The number of hydrogen-bond acceptors (Lipinski definition) is 6. The van der Waals surface area contributed by atoms with Crippen molar-refractivity contribution in [3.63, 3.8) is 0 Å². The van der Waals surface area contributed by atoms with Crippen LogP contribution in [0.1, 0.15) is 28.4 Å². The van der Waals surface area contributed by atoms with Crippen LogP contribution in [0, 0.1) is 5.82 Å². The zero-order valence-corrected chi connectivity index (χ0v) is 24.7. The Morgan fingerprint density at radius 2 is 1.79 bits per heavy atom. The van der Waals surface area contributed by atoms with Gasteiger partial charge in [0.15, 0.2) is 15.8 Å². The summed E-state index contributed by atoms with van der Waals surface area (Å²) in [5.41, 5.74) is 2.82. The van der Waals surface area contributed by atoms with Gasteiger partial charge in [-0.25, -0.2) is 4.39 Å². The maximum Gasteiger partial charge on any atom is 0.270 e. The van der Waals surface area contributed by atoms with Gasteiger partial charge in [0.1, 0.15) is 12.4 Å². The molecule has 4 aromatic rings. The summed E-state index contributed by atoms with van der Waals surface area (Å²) in [4.78, 5) is 28.1. The molecule has 0 radical (unpaired) electrons. The molecule has 0 aliphatic carbocycles. The minimum absolute atomic E-state index is 0.277. The number of nitrogens with zero attached hydrogens (tertiary/aromatic N) is 1. The van der Waals surface area contributed by atoms with Crippen molar-refractivity contribution in [2.45, 2.75) is 13.5 Å². The third kappa shape index (κ3) is 6.82. The first kappa shape index (κ1) is 29.3. The molecule has 42 heavy (non-hydrogen) atoms. The lowest BCUT2D eigenvalue weighted by molar-refractivity contribution is -0.113. The average molecular weight is 619 g/mol. The lowest BCUT2D eigenvalue weighted by Crippen LogP contribution is -2.27. The van der Waals surface area contributed by atoms with Gasteiger partial charge < -0.3 is 14.8 Å². The molecule has 2 amide bonds. The van der Waals surface area contributed by atoms with E-state index in [0.29, 0.717) is 49.3 Å². The van der Waals surface area contributed by atoms with Gasteiger partial charge in [0.05, 0.1) is 17.2 Å². The van der Waals surface area contributed by atoms with Crippen LogP contribution in [0.5, 0.6) is 11.5 Å². The molecule has 1 aliphatic rings. The number of amides is 2. The van der Waals surface area contributed by atoms with Crippen molar-refractivity contribution in [2.75, 3.05) is 16.8 Å². The van der Waals surface area contributed by atoms with Gasteiger partial charge in [-0.05, 0) is 79.2 Å². The quantitative estimate of drug-likeness (QED) is 0.151. The SMILES string of the molecule is CCOc1cc(/C=C2/SC(=S)N(c3cccc(C(=O)Nc4ccc(F)cc4)c3)C2=O)ccc1OCc1ccccc1Cl. The molecule has 6 nitrogen and oxygen atoms in total. The molecule has 10 heteroatoms. The molecule has 1 fully saturated rings. The summed E-state index contributed by atoms with van der Waals surface area (Å²) in [6, 6.07) is 24.9. The number of thiocarbonyl (C=S) groups is 1. The predicted octanol–water partition coefficient (Wildman–Crippen LogP) is 8.11. The van der Waals surface area contributed by atoms with Crippen molar-refractivity contribution in [1.82, 2.24) is 0 Å². The molecule has 212 valence electrons. The number of ether oxygens (including phenoxy) is 2. The first-order chi connectivity index (χ1) is 20.3.